The van der Waals surface area contributed by atoms with E-state index in [-0.39, 0.29) is 5.75 Å². The van der Waals surface area contributed by atoms with Crippen molar-refractivity contribution in [2.45, 2.75) is 0 Å². The molecule has 0 aliphatic rings. The normalized spacial score (nSPS) is 9.86. The molecule has 7 nitrogen and oxygen atoms in total. The van der Waals surface area contributed by atoms with Gasteiger partial charge in [0.05, 0.1) is 7.11 Å². The Balaban J connectivity index is 3.69. The molecule has 1 aromatic rings. The number of nitrogens with zero attached hydrogens (tertiary/aromatic N) is 1. The van der Waals surface area contributed by atoms with E-state index in [9.17, 15) is 14.4 Å². The molecule has 0 aliphatic carbocycles. The average molecular weight is 200 g/mol. The largest absolute Gasteiger partial charge is 0.489 e. The predicted molar refractivity (Wildman–Crippen MR) is 45.8 cm³/mol. The number of H-pyrrole nitrogens is 1. The van der Waals surface area contributed by atoms with Crippen LogP contribution in [0.2, 0.25) is 0 Å². The van der Waals surface area contributed by atoms with Crippen molar-refractivity contribution in [3.05, 3.63) is 26.5 Å². The summed E-state index contributed by atoms with van der Waals surface area (Å²) in [5, 5.41) is 8.64. The lowest BCUT2D eigenvalue weighted by molar-refractivity contribution is 0.0685. The van der Waals surface area contributed by atoms with Gasteiger partial charge < -0.3 is 9.84 Å². The molecule has 0 saturated heterocycles. The molecule has 0 saturated carbocycles. The fourth-order valence-electron chi connectivity index (χ4n) is 0.939. The molecule has 1 heterocycles. The van der Waals surface area contributed by atoms with Gasteiger partial charge in [-0.1, -0.05) is 0 Å². The predicted octanol–water partition coefficient (Wildman–Crippen LogP) is -1.22. The first kappa shape index (κ1) is 10.0. The van der Waals surface area contributed by atoms with Gasteiger partial charge in [-0.25, -0.2) is 9.59 Å². The van der Waals surface area contributed by atoms with Crippen molar-refractivity contribution >= 4 is 5.97 Å². The van der Waals surface area contributed by atoms with E-state index in [0.717, 1.165) is 11.7 Å². The number of nitrogens with one attached hydrogen (secondary N) is 1. The van der Waals surface area contributed by atoms with Crippen LogP contribution in [0.3, 0.4) is 0 Å². The van der Waals surface area contributed by atoms with Crippen LogP contribution >= 0.6 is 0 Å². The van der Waals surface area contributed by atoms with Crippen molar-refractivity contribution in [1.29, 1.82) is 0 Å². The van der Waals surface area contributed by atoms with Gasteiger partial charge in [0, 0.05) is 7.05 Å². The van der Waals surface area contributed by atoms with Gasteiger partial charge in [0.25, 0.3) is 5.56 Å². The summed E-state index contributed by atoms with van der Waals surface area (Å²) in [6.07, 6.45) is 0. The first-order valence-electron chi connectivity index (χ1n) is 3.59. The highest BCUT2D eigenvalue weighted by Crippen LogP contribution is 2.06. The number of methoxy groups -OCH3 is 1. The Morgan fingerprint density at radius 1 is 1.50 bits per heavy atom. The van der Waals surface area contributed by atoms with Crippen molar-refractivity contribution in [3.8, 4) is 5.75 Å². The molecule has 0 bridgehead atoms. The molecule has 0 amide bonds. The zero-order chi connectivity index (χ0) is 10.9. The highest BCUT2D eigenvalue weighted by molar-refractivity contribution is 5.88. The van der Waals surface area contributed by atoms with E-state index in [1.165, 1.54) is 7.05 Å². The van der Waals surface area contributed by atoms with E-state index in [2.05, 4.69) is 4.74 Å². The second-order valence-corrected chi connectivity index (χ2v) is 2.51. The first-order valence-corrected chi connectivity index (χ1v) is 3.59. The number of hydrogen-bond acceptors (Lipinski definition) is 4. The molecule has 1 aromatic heterocycles. The molecule has 0 fully saturated rings. The summed E-state index contributed by atoms with van der Waals surface area (Å²) in [6.45, 7) is 0. The molecule has 7 heteroatoms. The summed E-state index contributed by atoms with van der Waals surface area (Å²) in [7, 11) is 2.37. The molecule has 0 atom stereocenters. The summed E-state index contributed by atoms with van der Waals surface area (Å²) in [6, 6.07) is 0. The molecule has 1 rings (SSSR count). The third-order valence-corrected chi connectivity index (χ3v) is 1.68. The maximum Gasteiger partial charge on any atom is 0.356 e. The van der Waals surface area contributed by atoms with Crippen molar-refractivity contribution in [2.75, 3.05) is 7.11 Å². The molecule has 0 unspecified atom stereocenters. The van der Waals surface area contributed by atoms with E-state index in [4.69, 9.17) is 5.11 Å². The van der Waals surface area contributed by atoms with E-state index in [1.54, 1.807) is 0 Å². The minimum Gasteiger partial charge on any atom is -0.489 e. The fraction of sp³-hybridized carbons (Fsp3) is 0.286. The van der Waals surface area contributed by atoms with Crippen LogP contribution in [-0.2, 0) is 7.05 Å². The minimum atomic E-state index is -1.42. The Labute approximate surface area is 77.6 Å². The van der Waals surface area contributed by atoms with E-state index in [0.29, 0.717) is 0 Å². The van der Waals surface area contributed by atoms with E-state index < -0.39 is 22.9 Å². The number of aromatic nitrogens is 2. The van der Waals surface area contributed by atoms with Crippen molar-refractivity contribution in [1.82, 2.24) is 9.55 Å². The molecule has 2 N–H and O–H groups in total. The molecule has 76 valence electrons. The molecule has 0 aromatic carbocycles. The van der Waals surface area contributed by atoms with Crippen LogP contribution in [-0.4, -0.2) is 27.7 Å². The van der Waals surface area contributed by atoms with Crippen LogP contribution in [0.25, 0.3) is 0 Å². The highest BCUT2D eigenvalue weighted by Gasteiger charge is 2.17. The van der Waals surface area contributed by atoms with Gasteiger partial charge in [0.15, 0.2) is 5.69 Å². The summed E-state index contributed by atoms with van der Waals surface area (Å²) in [5.74, 6) is -1.81. The number of carboxylic acid groups (broad SMARTS) is 1. The topological polar surface area (TPSA) is 101 Å². The van der Waals surface area contributed by atoms with Gasteiger partial charge in [0.2, 0.25) is 5.75 Å². The Morgan fingerprint density at radius 2 is 2.07 bits per heavy atom. The highest BCUT2D eigenvalue weighted by atomic mass is 16.5. The zero-order valence-electron chi connectivity index (χ0n) is 7.53. The fourth-order valence-corrected chi connectivity index (χ4v) is 0.939. The summed E-state index contributed by atoms with van der Waals surface area (Å²) in [4.78, 5) is 34.9. The smallest absolute Gasteiger partial charge is 0.356 e. The van der Waals surface area contributed by atoms with Crippen LogP contribution in [0.1, 0.15) is 10.5 Å². The third kappa shape index (κ3) is 1.39. The van der Waals surface area contributed by atoms with Crippen molar-refractivity contribution < 1.29 is 14.6 Å². The zero-order valence-corrected chi connectivity index (χ0v) is 7.53. The standard InChI is InChI=1S/C7H8N2O5/c1-9-5(10)4(14-2)3(6(11)12)8-7(9)13/h1-2H3,(H,8,13)(H,11,12). The van der Waals surface area contributed by atoms with Gasteiger partial charge in [-0.2, -0.15) is 0 Å². The first-order chi connectivity index (χ1) is 6.49. The maximum atomic E-state index is 11.3. The van der Waals surface area contributed by atoms with Gasteiger partial charge in [-0.15, -0.1) is 0 Å². The molecule has 14 heavy (non-hydrogen) atoms. The molecule has 0 spiro atoms. The van der Waals surface area contributed by atoms with Gasteiger partial charge in [0.1, 0.15) is 0 Å². The van der Waals surface area contributed by atoms with Crippen molar-refractivity contribution in [3.63, 3.8) is 0 Å². The lowest BCUT2D eigenvalue weighted by atomic mass is 10.4. The van der Waals surface area contributed by atoms with E-state index in [1.807, 2.05) is 4.98 Å². The minimum absolute atomic E-state index is 0.389. The molecule has 0 radical (unpaired) electrons. The molecule has 0 aliphatic heterocycles. The Hall–Kier alpha value is -2.05. The average Bonchev–Trinajstić information content (AvgIpc) is 2.13. The summed E-state index contributed by atoms with van der Waals surface area (Å²) < 4.78 is 5.32. The van der Waals surface area contributed by atoms with Crippen LogP contribution in [0.5, 0.6) is 5.75 Å². The maximum absolute atomic E-state index is 11.3. The number of carboxylic acids is 1. The molecular weight excluding hydrogens is 192 g/mol. The van der Waals surface area contributed by atoms with Crippen LogP contribution in [0, 0.1) is 0 Å². The second-order valence-electron chi connectivity index (χ2n) is 2.51. The lowest BCUT2D eigenvalue weighted by Crippen LogP contribution is -2.35. The van der Waals surface area contributed by atoms with Crippen LogP contribution < -0.4 is 16.0 Å². The Kier molecular flexibility index (Phi) is 2.41. The quantitative estimate of drug-likeness (QED) is 0.623. The summed E-state index contributed by atoms with van der Waals surface area (Å²) in [5.41, 5.74) is -2.12. The number of carbonyl (C=O) groups is 1. The second kappa shape index (κ2) is 3.36. The van der Waals surface area contributed by atoms with Crippen molar-refractivity contribution in [2.24, 2.45) is 7.05 Å². The Morgan fingerprint density at radius 3 is 2.50 bits per heavy atom. The van der Waals surface area contributed by atoms with E-state index >= 15 is 0 Å². The van der Waals surface area contributed by atoms with Gasteiger partial charge >= 0.3 is 11.7 Å². The number of ether oxygens (including phenoxy) is 1. The Bertz CT molecular complexity index is 484. The van der Waals surface area contributed by atoms with Gasteiger partial charge in [-0.05, 0) is 0 Å². The number of aromatic amines is 1. The number of rotatable bonds is 2. The number of hydrogen-bond donors (Lipinski definition) is 2. The third-order valence-electron chi connectivity index (χ3n) is 1.68. The van der Waals surface area contributed by atoms with Crippen LogP contribution in [0.4, 0.5) is 0 Å². The monoisotopic (exact) mass is 200 g/mol. The number of aromatic carboxylic acids is 1. The summed E-state index contributed by atoms with van der Waals surface area (Å²) >= 11 is 0. The molecular formula is C7H8N2O5. The SMILES string of the molecule is COc1c(C(=O)O)[nH]c(=O)n(C)c1=O. The lowest BCUT2D eigenvalue weighted by Gasteiger charge is -2.04. The van der Waals surface area contributed by atoms with Gasteiger partial charge in [-0.3, -0.25) is 14.3 Å². The van der Waals surface area contributed by atoms with Crippen LogP contribution in [0.15, 0.2) is 9.59 Å².